The zero-order chi connectivity index (χ0) is 19.7. The van der Waals surface area contributed by atoms with Crippen molar-refractivity contribution in [3.63, 3.8) is 0 Å². The zero-order valence-corrected chi connectivity index (χ0v) is 16.6. The summed E-state index contributed by atoms with van der Waals surface area (Å²) in [6.45, 7) is 2.17. The molecule has 2 fully saturated rings. The van der Waals surface area contributed by atoms with E-state index in [4.69, 9.17) is 0 Å². The maximum atomic E-state index is 13.3. The summed E-state index contributed by atoms with van der Waals surface area (Å²) in [5.74, 6) is -0.0202. The average Bonchev–Trinajstić information content (AvgIpc) is 3.11. The van der Waals surface area contributed by atoms with E-state index in [2.05, 4.69) is 4.98 Å². The van der Waals surface area contributed by atoms with E-state index in [0.29, 0.717) is 42.7 Å². The second-order valence-corrected chi connectivity index (χ2v) is 7.96. The lowest BCUT2D eigenvalue weighted by Crippen LogP contribution is -2.52. The highest BCUT2D eigenvalue weighted by Crippen LogP contribution is 2.29. The minimum absolute atomic E-state index is 0.118. The minimum Gasteiger partial charge on any atom is -0.339 e. The SMILES string of the molecule is CSc1ncc(C(=O)N2CCN(C(=O)C3CCC3)CC2)n1-c1ccc(F)cc1. The van der Waals surface area contributed by atoms with E-state index in [0.717, 1.165) is 19.3 Å². The van der Waals surface area contributed by atoms with Gasteiger partial charge in [-0.3, -0.25) is 14.2 Å². The molecule has 0 radical (unpaired) electrons. The van der Waals surface area contributed by atoms with Gasteiger partial charge in [0.1, 0.15) is 11.5 Å². The van der Waals surface area contributed by atoms with Gasteiger partial charge >= 0.3 is 0 Å². The van der Waals surface area contributed by atoms with Crippen LogP contribution >= 0.6 is 11.8 Å². The van der Waals surface area contributed by atoms with E-state index in [1.807, 2.05) is 11.2 Å². The minimum atomic E-state index is -0.324. The molecule has 2 aliphatic rings. The lowest BCUT2D eigenvalue weighted by molar-refractivity contribution is -0.139. The Hall–Kier alpha value is -2.35. The molecular formula is C20H23FN4O2S. The summed E-state index contributed by atoms with van der Waals surface area (Å²) in [6.07, 6.45) is 6.59. The first-order valence-corrected chi connectivity index (χ1v) is 10.8. The Labute approximate surface area is 167 Å². The number of nitrogens with zero attached hydrogens (tertiary/aromatic N) is 4. The van der Waals surface area contributed by atoms with Gasteiger partial charge in [-0.05, 0) is 43.4 Å². The number of imidazole rings is 1. The van der Waals surface area contributed by atoms with Crippen LogP contribution < -0.4 is 0 Å². The van der Waals surface area contributed by atoms with Gasteiger partial charge in [-0.25, -0.2) is 9.37 Å². The van der Waals surface area contributed by atoms with Crippen molar-refractivity contribution < 1.29 is 14.0 Å². The fourth-order valence-electron chi connectivity index (χ4n) is 3.67. The Morgan fingerprint density at radius 3 is 2.29 bits per heavy atom. The highest BCUT2D eigenvalue weighted by Gasteiger charge is 2.33. The lowest BCUT2D eigenvalue weighted by Gasteiger charge is -2.38. The second-order valence-electron chi connectivity index (χ2n) is 7.19. The summed E-state index contributed by atoms with van der Waals surface area (Å²) >= 11 is 1.43. The number of hydrogen-bond acceptors (Lipinski definition) is 4. The van der Waals surface area contributed by atoms with Gasteiger partial charge in [0.15, 0.2) is 5.16 Å². The van der Waals surface area contributed by atoms with Crippen LogP contribution in [-0.2, 0) is 4.79 Å². The predicted molar refractivity (Wildman–Crippen MR) is 105 cm³/mol. The first-order valence-electron chi connectivity index (χ1n) is 9.54. The van der Waals surface area contributed by atoms with Crippen LogP contribution in [0.3, 0.4) is 0 Å². The molecule has 28 heavy (non-hydrogen) atoms. The van der Waals surface area contributed by atoms with E-state index in [9.17, 15) is 14.0 Å². The van der Waals surface area contributed by atoms with Gasteiger partial charge in [-0.1, -0.05) is 18.2 Å². The highest BCUT2D eigenvalue weighted by atomic mass is 32.2. The Bertz CT molecular complexity index is 871. The second kappa shape index (κ2) is 7.95. The van der Waals surface area contributed by atoms with Crippen LogP contribution in [-0.4, -0.2) is 63.6 Å². The van der Waals surface area contributed by atoms with Gasteiger partial charge in [0, 0.05) is 37.8 Å². The summed E-state index contributed by atoms with van der Waals surface area (Å²) in [5.41, 5.74) is 1.15. The van der Waals surface area contributed by atoms with Crippen LogP contribution in [0, 0.1) is 11.7 Å². The molecule has 2 amide bonds. The third-order valence-electron chi connectivity index (χ3n) is 5.55. The molecule has 1 saturated carbocycles. The van der Waals surface area contributed by atoms with Gasteiger partial charge in [0.25, 0.3) is 5.91 Å². The molecule has 6 nitrogen and oxygen atoms in total. The molecule has 4 rings (SSSR count). The van der Waals surface area contributed by atoms with Crippen LogP contribution in [0.5, 0.6) is 0 Å². The predicted octanol–water partition coefficient (Wildman–Crippen LogP) is 2.82. The molecule has 1 aliphatic carbocycles. The molecule has 1 aromatic carbocycles. The number of hydrogen-bond donors (Lipinski definition) is 0. The van der Waals surface area contributed by atoms with Crippen molar-refractivity contribution in [2.24, 2.45) is 5.92 Å². The normalized spacial score (nSPS) is 17.5. The van der Waals surface area contributed by atoms with Crippen molar-refractivity contribution in [2.75, 3.05) is 32.4 Å². The van der Waals surface area contributed by atoms with Crippen molar-refractivity contribution in [1.29, 1.82) is 0 Å². The van der Waals surface area contributed by atoms with Crippen molar-refractivity contribution in [3.05, 3.63) is 42.0 Å². The Morgan fingerprint density at radius 2 is 1.71 bits per heavy atom. The molecule has 0 unspecified atom stereocenters. The summed E-state index contributed by atoms with van der Waals surface area (Å²) in [6, 6.07) is 6.03. The van der Waals surface area contributed by atoms with Crippen LogP contribution in [0.25, 0.3) is 5.69 Å². The van der Waals surface area contributed by atoms with Gasteiger partial charge in [-0.2, -0.15) is 0 Å². The summed E-state index contributed by atoms with van der Waals surface area (Å²) < 4.78 is 15.1. The molecule has 148 valence electrons. The van der Waals surface area contributed by atoms with Crippen molar-refractivity contribution in [2.45, 2.75) is 24.4 Å². The number of rotatable bonds is 4. The molecule has 1 saturated heterocycles. The number of amides is 2. The molecule has 0 N–H and O–H groups in total. The van der Waals surface area contributed by atoms with E-state index < -0.39 is 0 Å². The van der Waals surface area contributed by atoms with Crippen molar-refractivity contribution >= 4 is 23.6 Å². The van der Waals surface area contributed by atoms with E-state index in [1.54, 1.807) is 27.8 Å². The Kier molecular flexibility index (Phi) is 5.39. The summed E-state index contributed by atoms with van der Waals surface area (Å²) in [4.78, 5) is 33.6. The third-order valence-corrected chi connectivity index (χ3v) is 6.20. The number of halogens is 1. The monoisotopic (exact) mass is 402 g/mol. The molecule has 2 aromatic rings. The number of thioether (sulfide) groups is 1. The standard InChI is InChI=1S/C20H23FN4O2S/c1-28-20-22-13-17(25(20)16-7-5-15(21)6-8-16)19(27)24-11-9-23(10-12-24)18(26)14-3-2-4-14/h5-8,13-14H,2-4,9-12H2,1H3. The van der Waals surface area contributed by atoms with Gasteiger partial charge < -0.3 is 9.80 Å². The zero-order valence-electron chi connectivity index (χ0n) is 15.8. The molecule has 1 aromatic heterocycles. The molecule has 8 heteroatoms. The third kappa shape index (κ3) is 3.53. The summed E-state index contributed by atoms with van der Waals surface area (Å²) in [5, 5.41) is 0.675. The van der Waals surface area contributed by atoms with Crippen LogP contribution in [0.2, 0.25) is 0 Å². The smallest absolute Gasteiger partial charge is 0.272 e. The quantitative estimate of drug-likeness (QED) is 0.738. The van der Waals surface area contributed by atoms with E-state index in [1.165, 1.54) is 23.9 Å². The average molecular weight is 402 g/mol. The Morgan fingerprint density at radius 1 is 1.07 bits per heavy atom. The van der Waals surface area contributed by atoms with Crippen LogP contribution in [0.1, 0.15) is 29.8 Å². The van der Waals surface area contributed by atoms with E-state index >= 15 is 0 Å². The van der Waals surface area contributed by atoms with E-state index in [-0.39, 0.29) is 23.5 Å². The van der Waals surface area contributed by atoms with Crippen LogP contribution in [0.15, 0.2) is 35.6 Å². The molecule has 0 bridgehead atoms. The molecule has 1 aliphatic heterocycles. The lowest BCUT2D eigenvalue weighted by atomic mass is 9.84. The number of aromatic nitrogens is 2. The number of carbonyl (C=O) groups is 2. The number of benzene rings is 1. The van der Waals surface area contributed by atoms with Crippen molar-refractivity contribution in [1.82, 2.24) is 19.4 Å². The maximum absolute atomic E-state index is 13.3. The van der Waals surface area contributed by atoms with Crippen LogP contribution in [0.4, 0.5) is 4.39 Å². The molecule has 0 atom stereocenters. The number of carbonyl (C=O) groups excluding carboxylic acids is 2. The fourth-order valence-corrected chi connectivity index (χ4v) is 4.22. The van der Waals surface area contributed by atoms with Crippen molar-refractivity contribution in [3.8, 4) is 5.69 Å². The Balaban J connectivity index is 1.50. The first-order chi connectivity index (χ1) is 13.6. The first kappa shape index (κ1) is 19.0. The highest BCUT2D eigenvalue weighted by molar-refractivity contribution is 7.98. The number of piperazine rings is 1. The maximum Gasteiger partial charge on any atom is 0.272 e. The van der Waals surface area contributed by atoms with Gasteiger partial charge in [0.05, 0.1) is 6.20 Å². The molecule has 0 spiro atoms. The largest absolute Gasteiger partial charge is 0.339 e. The summed E-state index contributed by atoms with van der Waals surface area (Å²) in [7, 11) is 0. The molecular weight excluding hydrogens is 379 g/mol. The topological polar surface area (TPSA) is 58.4 Å². The van der Waals surface area contributed by atoms with Gasteiger partial charge in [-0.15, -0.1) is 0 Å². The fraction of sp³-hybridized carbons (Fsp3) is 0.450. The van der Waals surface area contributed by atoms with Gasteiger partial charge in [0.2, 0.25) is 5.91 Å². The molecule has 2 heterocycles.